The first-order valence-corrected chi connectivity index (χ1v) is 11.0. The van der Waals surface area contributed by atoms with Gasteiger partial charge in [-0.25, -0.2) is 17.6 Å². The van der Waals surface area contributed by atoms with E-state index in [0.717, 1.165) is 5.56 Å². The quantitative estimate of drug-likeness (QED) is 0.243. The molecule has 0 radical (unpaired) electrons. The van der Waals surface area contributed by atoms with Crippen LogP contribution in [0.5, 0.6) is 0 Å². The van der Waals surface area contributed by atoms with Gasteiger partial charge in [0.15, 0.2) is 11.6 Å². The van der Waals surface area contributed by atoms with E-state index in [-0.39, 0.29) is 22.4 Å². The zero-order valence-electron chi connectivity index (χ0n) is 17.4. The standard InChI is InChI=1S/C21H14Cl3F4N5O2/c22-12-4-2-1-3-10(12)7-32-9-13(23)20(31-32)29-21(34)14-6-5-11(35-14)8-33-17(19(27)28)15(24)16(30-33)18(25)26/h1-6,9,18-19H,7-8H2,(H,29,31,34). The van der Waals surface area contributed by atoms with Gasteiger partial charge in [0.05, 0.1) is 18.1 Å². The van der Waals surface area contributed by atoms with E-state index in [4.69, 9.17) is 39.2 Å². The first-order valence-electron chi connectivity index (χ1n) is 9.82. The number of carbonyl (C=O) groups is 1. The third-order valence-corrected chi connectivity index (χ3v) is 5.83. The van der Waals surface area contributed by atoms with Gasteiger partial charge in [-0.2, -0.15) is 10.2 Å². The summed E-state index contributed by atoms with van der Waals surface area (Å²) in [6.45, 7) is -0.147. The maximum absolute atomic E-state index is 13.3. The summed E-state index contributed by atoms with van der Waals surface area (Å²) in [6.07, 6.45) is -4.79. The maximum atomic E-state index is 13.3. The number of aromatic nitrogens is 4. The highest BCUT2D eigenvalue weighted by Crippen LogP contribution is 2.35. The monoisotopic (exact) mass is 549 g/mol. The van der Waals surface area contributed by atoms with Gasteiger partial charge in [-0.3, -0.25) is 14.2 Å². The van der Waals surface area contributed by atoms with Crippen LogP contribution in [0.2, 0.25) is 15.1 Å². The molecule has 1 N–H and O–H groups in total. The molecule has 4 aromatic rings. The van der Waals surface area contributed by atoms with Gasteiger partial charge in [0.2, 0.25) is 0 Å². The summed E-state index contributed by atoms with van der Waals surface area (Å²) in [5.41, 5.74) is -1.05. The first-order chi connectivity index (χ1) is 16.6. The minimum Gasteiger partial charge on any atom is -0.454 e. The third kappa shape index (κ3) is 5.47. The molecule has 0 spiro atoms. The number of alkyl halides is 4. The molecule has 35 heavy (non-hydrogen) atoms. The number of amides is 1. The number of hydrogen-bond acceptors (Lipinski definition) is 4. The van der Waals surface area contributed by atoms with Gasteiger partial charge in [0, 0.05) is 11.2 Å². The van der Waals surface area contributed by atoms with E-state index in [0.29, 0.717) is 16.2 Å². The second-order valence-electron chi connectivity index (χ2n) is 7.18. The average Bonchev–Trinajstić information content (AvgIpc) is 3.48. The molecule has 3 heterocycles. The number of anilines is 1. The minimum atomic E-state index is -3.15. The molecule has 0 bridgehead atoms. The van der Waals surface area contributed by atoms with Crippen LogP contribution in [0, 0.1) is 0 Å². The van der Waals surface area contributed by atoms with Crippen molar-refractivity contribution < 1.29 is 26.8 Å². The average molecular weight is 551 g/mol. The van der Waals surface area contributed by atoms with Crippen LogP contribution < -0.4 is 5.32 Å². The van der Waals surface area contributed by atoms with Crippen LogP contribution in [0.15, 0.2) is 47.0 Å². The Morgan fingerprint density at radius 2 is 1.71 bits per heavy atom. The zero-order chi connectivity index (χ0) is 25.3. The van der Waals surface area contributed by atoms with Gasteiger partial charge in [-0.05, 0) is 23.8 Å². The Kier molecular flexibility index (Phi) is 7.39. The van der Waals surface area contributed by atoms with E-state index >= 15 is 0 Å². The first kappa shape index (κ1) is 25.1. The van der Waals surface area contributed by atoms with Gasteiger partial charge in [-0.1, -0.05) is 53.0 Å². The Morgan fingerprint density at radius 3 is 2.40 bits per heavy atom. The summed E-state index contributed by atoms with van der Waals surface area (Å²) >= 11 is 18.0. The van der Waals surface area contributed by atoms with Gasteiger partial charge < -0.3 is 9.73 Å². The molecule has 0 aliphatic carbocycles. The summed E-state index contributed by atoms with van der Waals surface area (Å²) < 4.78 is 60.2. The lowest BCUT2D eigenvalue weighted by atomic mass is 10.2. The van der Waals surface area contributed by atoms with Crippen molar-refractivity contribution >= 4 is 46.5 Å². The number of nitrogens with one attached hydrogen (secondary N) is 1. The molecule has 4 rings (SSSR count). The largest absolute Gasteiger partial charge is 0.454 e. The van der Waals surface area contributed by atoms with Crippen molar-refractivity contribution in [2.75, 3.05) is 5.32 Å². The summed E-state index contributed by atoms with van der Waals surface area (Å²) in [6, 6.07) is 9.75. The molecule has 1 amide bonds. The van der Waals surface area contributed by atoms with E-state index in [1.165, 1.54) is 23.0 Å². The van der Waals surface area contributed by atoms with Crippen molar-refractivity contribution in [3.63, 3.8) is 0 Å². The number of nitrogens with zero attached hydrogens (tertiary/aromatic N) is 4. The van der Waals surface area contributed by atoms with E-state index in [9.17, 15) is 22.4 Å². The van der Waals surface area contributed by atoms with Crippen LogP contribution >= 0.6 is 34.8 Å². The number of carbonyl (C=O) groups excluding carboxylic acids is 1. The van der Waals surface area contributed by atoms with Crippen molar-refractivity contribution in [2.24, 2.45) is 0 Å². The van der Waals surface area contributed by atoms with Crippen LogP contribution in [0.1, 0.15) is 46.1 Å². The summed E-state index contributed by atoms with van der Waals surface area (Å²) in [4.78, 5) is 12.6. The van der Waals surface area contributed by atoms with Gasteiger partial charge >= 0.3 is 0 Å². The predicted octanol–water partition coefficient (Wildman–Crippen LogP) is 6.86. The van der Waals surface area contributed by atoms with E-state index in [1.54, 1.807) is 12.1 Å². The fourth-order valence-electron chi connectivity index (χ4n) is 3.21. The number of rotatable bonds is 8. The predicted molar refractivity (Wildman–Crippen MR) is 121 cm³/mol. The summed E-state index contributed by atoms with van der Waals surface area (Å²) in [5.74, 6) is -0.848. The van der Waals surface area contributed by atoms with Crippen LogP contribution in [0.25, 0.3) is 0 Å². The van der Waals surface area contributed by atoms with Crippen molar-refractivity contribution in [3.05, 3.63) is 86.1 Å². The molecule has 184 valence electrons. The van der Waals surface area contributed by atoms with Gasteiger partial charge in [0.25, 0.3) is 18.8 Å². The maximum Gasteiger partial charge on any atom is 0.292 e. The van der Waals surface area contributed by atoms with Crippen LogP contribution in [0.3, 0.4) is 0 Å². The molecular formula is C21H14Cl3F4N5O2. The van der Waals surface area contributed by atoms with Crippen LogP contribution in [-0.4, -0.2) is 25.5 Å². The normalized spacial score (nSPS) is 11.6. The van der Waals surface area contributed by atoms with E-state index < -0.39 is 41.7 Å². The highest BCUT2D eigenvalue weighted by molar-refractivity contribution is 6.33. The fourth-order valence-corrected chi connectivity index (χ4v) is 3.90. The molecule has 3 aromatic heterocycles. The number of benzene rings is 1. The molecular weight excluding hydrogens is 537 g/mol. The molecule has 0 saturated carbocycles. The minimum absolute atomic E-state index is 0.00683. The molecule has 0 aliphatic heterocycles. The molecule has 14 heteroatoms. The summed E-state index contributed by atoms with van der Waals surface area (Å²) in [5, 5.41) is 10.0. The Hall–Kier alpha value is -3.02. The number of furan rings is 1. The van der Waals surface area contributed by atoms with Gasteiger partial charge in [0.1, 0.15) is 22.2 Å². The summed E-state index contributed by atoms with van der Waals surface area (Å²) in [7, 11) is 0. The second kappa shape index (κ2) is 10.3. The van der Waals surface area contributed by atoms with Crippen molar-refractivity contribution in [1.82, 2.24) is 19.6 Å². The molecule has 1 aromatic carbocycles. The topological polar surface area (TPSA) is 77.9 Å². The SMILES string of the molecule is O=C(Nc1nn(Cc2ccccc2Cl)cc1Cl)c1ccc(Cn2nc(C(F)F)c(Cl)c2C(F)F)o1. The lowest BCUT2D eigenvalue weighted by Gasteiger charge is -2.05. The van der Waals surface area contributed by atoms with Crippen molar-refractivity contribution in [2.45, 2.75) is 25.9 Å². The van der Waals surface area contributed by atoms with Crippen LogP contribution in [0.4, 0.5) is 23.4 Å². The van der Waals surface area contributed by atoms with Crippen molar-refractivity contribution in [1.29, 1.82) is 0 Å². The van der Waals surface area contributed by atoms with Crippen molar-refractivity contribution in [3.8, 4) is 0 Å². The van der Waals surface area contributed by atoms with E-state index in [1.807, 2.05) is 12.1 Å². The molecule has 0 saturated heterocycles. The molecule has 7 nitrogen and oxygen atoms in total. The lowest BCUT2D eigenvalue weighted by molar-refractivity contribution is 0.0993. The Balaban J connectivity index is 1.48. The second-order valence-corrected chi connectivity index (χ2v) is 8.37. The fraction of sp³-hybridized carbons (Fsp3) is 0.190. The Labute approximate surface area is 210 Å². The van der Waals surface area contributed by atoms with Crippen LogP contribution in [-0.2, 0) is 13.1 Å². The lowest BCUT2D eigenvalue weighted by Crippen LogP contribution is -2.12. The molecule has 0 atom stereocenters. The highest BCUT2D eigenvalue weighted by atomic mass is 35.5. The van der Waals surface area contributed by atoms with Gasteiger partial charge in [-0.15, -0.1) is 0 Å². The Morgan fingerprint density at radius 1 is 0.971 bits per heavy atom. The van der Waals surface area contributed by atoms with E-state index in [2.05, 4.69) is 15.5 Å². The number of hydrogen-bond donors (Lipinski definition) is 1. The molecule has 0 aliphatic rings. The smallest absolute Gasteiger partial charge is 0.292 e. The highest BCUT2D eigenvalue weighted by Gasteiger charge is 2.28. The zero-order valence-corrected chi connectivity index (χ0v) is 19.6. The molecule has 0 unspecified atom stereocenters. The molecule has 0 fully saturated rings. The number of halogens is 7. The Bertz CT molecular complexity index is 1370. The third-order valence-electron chi connectivity index (χ3n) is 4.80.